The highest BCUT2D eigenvalue weighted by molar-refractivity contribution is 5.24. The number of aromatic nitrogens is 3. The molecule has 1 aromatic rings. The number of anilines is 1. The van der Waals surface area contributed by atoms with Gasteiger partial charge in [-0.25, -0.2) is 4.98 Å². The lowest BCUT2D eigenvalue weighted by Crippen LogP contribution is -2.22. The monoisotopic (exact) mass is 248 g/mol. The molecule has 1 fully saturated rings. The van der Waals surface area contributed by atoms with E-state index in [0.29, 0.717) is 5.95 Å². The lowest BCUT2D eigenvalue weighted by atomic mass is 9.81. The van der Waals surface area contributed by atoms with E-state index in [1.54, 1.807) is 0 Å². The molecule has 4 nitrogen and oxygen atoms in total. The van der Waals surface area contributed by atoms with Crippen LogP contribution in [0.5, 0.6) is 0 Å². The molecule has 0 aliphatic heterocycles. The Bertz CT molecular complexity index is 383. The van der Waals surface area contributed by atoms with Gasteiger partial charge in [0.1, 0.15) is 0 Å². The summed E-state index contributed by atoms with van der Waals surface area (Å²) >= 11 is 0. The highest BCUT2D eigenvalue weighted by atomic mass is 15.2. The summed E-state index contributed by atoms with van der Waals surface area (Å²) in [7, 11) is 0. The molecular formula is C14H24N4. The van der Waals surface area contributed by atoms with Gasteiger partial charge in [0.2, 0.25) is 5.95 Å². The van der Waals surface area contributed by atoms with Crippen LogP contribution in [0, 0.1) is 25.7 Å². The van der Waals surface area contributed by atoms with E-state index >= 15 is 0 Å². The molecule has 1 aromatic heterocycles. The average molecular weight is 248 g/mol. The predicted octanol–water partition coefficient (Wildman–Crippen LogP) is 3.12. The molecule has 0 radical (unpaired) electrons. The molecule has 0 spiro atoms. The van der Waals surface area contributed by atoms with Gasteiger partial charge in [-0.1, -0.05) is 26.2 Å². The molecular weight excluding hydrogens is 224 g/mol. The van der Waals surface area contributed by atoms with Crippen LogP contribution >= 0.6 is 0 Å². The van der Waals surface area contributed by atoms with Gasteiger partial charge in [-0.15, -0.1) is 5.10 Å². The molecule has 0 unspecified atom stereocenters. The van der Waals surface area contributed by atoms with Gasteiger partial charge in [0.15, 0.2) is 0 Å². The van der Waals surface area contributed by atoms with Crippen molar-refractivity contribution in [3.63, 3.8) is 0 Å². The van der Waals surface area contributed by atoms with Crippen LogP contribution in [-0.4, -0.2) is 21.7 Å². The van der Waals surface area contributed by atoms with Gasteiger partial charge in [-0.3, -0.25) is 0 Å². The maximum atomic E-state index is 4.40. The summed E-state index contributed by atoms with van der Waals surface area (Å²) in [5.74, 6) is 2.41. The highest BCUT2D eigenvalue weighted by Gasteiger charge is 2.19. The molecule has 0 atom stereocenters. The van der Waals surface area contributed by atoms with Gasteiger partial charge in [0, 0.05) is 6.54 Å². The first-order valence-electron chi connectivity index (χ1n) is 7.10. The largest absolute Gasteiger partial charge is 0.353 e. The Morgan fingerprint density at radius 1 is 1.00 bits per heavy atom. The second-order valence-corrected chi connectivity index (χ2v) is 5.48. The Kier molecular flexibility index (Phi) is 4.50. The van der Waals surface area contributed by atoms with Crippen LogP contribution in [0.15, 0.2) is 0 Å². The molecule has 100 valence electrons. The van der Waals surface area contributed by atoms with E-state index in [-0.39, 0.29) is 0 Å². The molecule has 0 bridgehead atoms. The summed E-state index contributed by atoms with van der Waals surface area (Å²) in [5.41, 5.74) is 1.87. The fourth-order valence-electron chi connectivity index (χ4n) is 2.61. The highest BCUT2D eigenvalue weighted by Crippen LogP contribution is 2.30. The zero-order valence-corrected chi connectivity index (χ0v) is 11.7. The minimum atomic E-state index is 0.677. The van der Waals surface area contributed by atoms with Gasteiger partial charge in [-0.2, -0.15) is 5.10 Å². The SMILES string of the molecule is CCC1CCC(CNc2nnc(C)c(C)n2)CC1. The van der Waals surface area contributed by atoms with Crippen LogP contribution in [-0.2, 0) is 0 Å². The van der Waals surface area contributed by atoms with Crippen LogP contribution < -0.4 is 5.32 Å². The minimum Gasteiger partial charge on any atom is -0.353 e. The van der Waals surface area contributed by atoms with E-state index in [0.717, 1.165) is 29.8 Å². The minimum absolute atomic E-state index is 0.677. The lowest BCUT2D eigenvalue weighted by Gasteiger charge is -2.27. The van der Waals surface area contributed by atoms with E-state index in [9.17, 15) is 0 Å². The summed E-state index contributed by atoms with van der Waals surface area (Å²) in [5, 5.41) is 11.5. The van der Waals surface area contributed by atoms with Crippen LogP contribution in [0.2, 0.25) is 0 Å². The van der Waals surface area contributed by atoms with Crippen LogP contribution in [0.4, 0.5) is 5.95 Å². The maximum absolute atomic E-state index is 4.40. The number of nitrogens with one attached hydrogen (secondary N) is 1. The second kappa shape index (κ2) is 6.12. The Morgan fingerprint density at radius 2 is 1.67 bits per heavy atom. The van der Waals surface area contributed by atoms with Crippen molar-refractivity contribution < 1.29 is 0 Å². The lowest BCUT2D eigenvalue weighted by molar-refractivity contribution is 0.278. The van der Waals surface area contributed by atoms with Gasteiger partial charge < -0.3 is 5.32 Å². The molecule has 0 aromatic carbocycles. The molecule has 1 aliphatic rings. The Morgan fingerprint density at radius 3 is 2.28 bits per heavy atom. The third kappa shape index (κ3) is 3.40. The van der Waals surface area contributed by atoms with Gasteiger partial charge in [0.05, 0.1) is 11.4 Å². The number of aryl methyl sites for hydroxylation is 2. The van der Waals surface area contributed by atoms with E-state index in [1.165, 1.54) is 32.1 Å². The Balaban J connectivity index is 1.79. The van der Waals surface area contributed by atoms with E-state index in [4.69, 9.17) is 0 Å². The maximum Gasteiger partial charge on any atom is 0.242 e. The third-order valence-electron chi connectivity index (χ3n) is 4.18. The van der Waals surface area contributed by atoms with Crippen LogP contribution in [0.1, 0.15) is 50.4 Å². The fourth-order valence-corrected chi connectivity index (χ4v) is 2.61. The number of rotatable bonds is 4. The zero-order valence-electron chi connectivity index (χ0n) is 11.7. The van der Waals surface area contributed by atoms with Crippen LogP contribution in [0.25, 0.3) is 0 Å². The van der Waals surface area contributed by atoms with Crippen molar-refractivity contribution in [3.8, 4) is 0 Å². The summed E-state index contributed by atoms with van der Waals surface area (Å²) in [4.78, 5) is 4.40. The predicted molar refractivity (Wildman–Crippen MR) is 73.5 cm³/mol. The van der Waals surface area contributed by atoms with Crippen molar-refractivity contribution >= 4 is 5.95 Å². The quantitative estimate of drug-likeness (QED) is 0.889. The summed E-state index contributed by atoms with van der Waals surface area (Å²) in [6.45, 7) is 7.20. The number of nitrogens with zero attached hydrogens (tertiary/aromatic N) is 3. The number of hydrogen-bond acceptors (Lipinski definition) is 4. The van der Waals surface area contributed by atoms with Crippen molar-refractivity contribution in [2.75, 3.05) is 11.9 Å². The Hall–Kier alpha value is -1.19. The number of hydrogen-bond donors (Lipinski definition) is 1. The van der Waals surface area contributed by atoms with Crippen molar-refractivity contribution in [2.24, 2.45) is 11.8 Å². The molecule has 0 saturated heterocycles. The first-order valence-corrected chi connectivity index (χ1v) is 7.10. The van der Waals surface area contributed by atoms with E-state index < -0.39 is 0 Å². The van der Waals surface area contributed by atoms with E-state index in [2.05, 4.69) is 27.4 Å². The fraction of sp³-hybridized carbons (Fsp3) is 0.786. The first-order chi connectivity index (χ1) is 8.69. The van der Waals surface area contributed by atoms with Crippen molar-refractivity contribution in [3.05, 3.63) is 11.4 Å². The molecule has 18 heavy (non-hydrogen) atoms. The summed E-state index contributed by atoms with van der Waals surface area (Å²) < 4.78 is 0. The summed E-state index contributed by atoms with van der Waals surface area (Å²) in [6.07, 6.45) is 6.78. The van der Waals surface area contributed by atoms with Crippen molar-refractivity contribution in [1.29, 1.82) is 0 Å². The average Bonchev–Trinajstić information content (AvgIpc) is 2.41. The molecule has 4 heteroatoms. The van der Waals surface area contributed by atoms with Gasteiger partial charge in [-0.05, 0) is 38.5 Å². The van der Waals surface area contributed by atoms with Crippen molar-refractivity contribution in [2.45, 2.75) is 52.9 Å². The van der Waals surface area contributed by atoms with E-state index in [1.807, 2.05) is 13.8 Å². The zero-order chi connectivity index (χ0) is 13.0. The Labute approximate surface area is 110 Å². The summed E-state index contributed by atoms with van der Waals surface area (Å²) in [6, 6.07) is 0. The molecule has 1 N–H and O–H groups in total. The third-order valence-corrected chi connectivity index (χ3v) is 4.18. The molecule has 1 aliphatic carbocycles. The molecule has 2 rings (SSSR count). The smallest absolute Gasteiger partial charge is 0.242 e. The molecule has 1 heterocycles. The topological polar surface area (TPSA) is 50.7 Å². The molecule has 0 amide bonds. The van der Waals surface area contributed by atoms with Crippen LogP contribution in [0.3, 0.4) is 0 Å². The molecule has 1 saturated carbocycles. The van der Waals surface area contributed by atoms with Gasteiger partial charge >= 0.3 is 0 Å². The standard InChI is InChI=1S/C14H24N4/c1-4-12-5-7-13(8-6-12)9-15-14-16-10(2)11(3)17-18-14/h12-13H,4-9H2,1-3H3,(H,15,16,18). The first kappa shape index (κ1) is 13.2. The second-order valence-electron chi connectivity index (χ2n) is 5.48. The van der Waals surface area contributed by atoms with Gasteiger partial charge in [0.25, 0.3) is 0 Å². The van der Waals surface area contributed by atoms with Crippen molar-refractivity contribution in [1.82, 2.24) is 15.2 Å². The normalized spacial score (nSPS) is 23.9.